The van der Waals surface area contributed by atoms with Gasteiger partial charge in [-0.3, -0.25) is 4.79 Å². The average molecular weight is 351 g/mol. The molecule has 1 saturated heterocycles. The Kier molecular flexibility index (Phi) is 11.4. The van der Waals surface area contributed by atoms with E-state index in [0.717, 1.165) is 24.3 Å². The van der Waals surface area contributed by atoms with Crippen molar-refractivity contribution < 1.29 is 14.3 Å². The minimum atomic E-state index is -0.440. The maximum atomic E-state index is 12.5. The molecule has 0 saturated carbocycles. The highest BCUT2D eigenvalue weighted by Crippen LogP contribution is 2.36. The lowest BCUT2D eigenvalue weighted by Crippen LogP contribution is -2.54. The monoisotopic (exact) mass is 350 g/mol. The molecule has 25 heavy (non-hydrogen) atoms. The van der Waals surface area contributed by atoms with Crippen molar-refractivity contribution in [3.05, 3.63) is 29.8 Å². The first-order chi connectivity index (χ1) is 12.0. The van der Waals surface area contributed by atoms with Crippen LogP contribution in [0.15, 0.2) is 24.3 Å². The predicted molar refractivity (Wildman–Crippen MR) is 106 cm³/mol. The van der Waals surface area contributed by atoms with Crippen molar-refractivity contribution in [1.82, 2.24) is 0 Å². The Balaban J connectivity index is 0.00000134. The van der Waals surface area contributed by atoms with Gasteiger partial charge in [-0.1, -0.05) is 67.5 Å². The van der Waals surface area contributed by atoms with Gasteiger partial charge in [0.1, 0.15) is 11.2 Å². The third-order valence-corrected chi connectivity index (χ3v) is 4.06. The van der Waals surface area contributed by atoms with Crippen LogP contribution in [0.25, 0.3) is 0 Å². The summed E-state index contributed by atoms with van der Waals surface area (Å²) in [4.78, 5) is 12.5. The topological polar surface area (TPSA) is 35.5 Å². The summed E-state index contributed by atoms with van der Waals surface area (Å²) in [5.74, 6) is 1.80. The normalized spacial score (nSPS) is 14.6. The van der Waals surface area contributed by atoms with Crippen molar-refractivity contribution >= 4 is 5.78 Å². The third kappa shape index (κ3) is 6.47. The molecule has 0 spiro atoms. The van der Waals surface area contributed by atoms with E-state index in [-0.39, 0.29) is 11.7 Å². The van der Waals surface area contributed by atoms with Crippen LogP contribution in [0, 0.1) is 11.8 Å². The maximum Gasteiger partial charge on any atom is 0.150 e. The SMILES string of the molecule is CC.CC.CC(C)CCOc1ccc(C2(C(=O)C(C)C)COC2)cc1. The Bertz CT molecular complexity index is 471. The molecule has 0 unspecified atom stereocenters. The minimum absolute atomic E-state index is 0.0240. The van der Waals surface area contributed by atoms with Crippen LogP contribution in [0.1, 0.15) is 67.4 Å². The van der Waals surface area contributed by atoms with Crippen molar-refractivity contribution in [3.63, 3.8) is 0 Å². The maximum absolute atomic E-state index is 12.5. The van der Waals surface area contributed by atoms with Crippen LogP contribution in [0.2, 0.25) is 0 Å². The van der Waals surface area contributed by atoms with Gasteiger partial charge in [0.15, 0.2) is 5.78 Å². The van der Waals surface area contributed by atoms with Crippen LogP contribution >= 0.6 is 0 Å². The van der Waals surface area contributed by atoms with E-state index >= 15 is 0 Å². The van der Waals surface area contributed by atoms with E-state index in [1.54, 1.807) is 0 Å². The molecule has 1 fully saturated rings. The van der Waals surface area contributed by atoms with Gasteiger partial charge in [-0.2, -0.15) is 0 Å². The van der Waals surface area contributed by atoms with E-state index in [0.29, 0.717) is 19.1 Å². The quantitative estimate of drug-likeness (QED) is 0.637. The highest BCUT2D eigenvalue weighted by Gasteiger charge is 2.47. The van der Waals surface area contributed by atoms with E-state index < -0.39 is 5.41 Å². The largest absolute Gasteiger partial charge is 0.494 e. The number of ether oxygens (including phenoxy) is 2. The first kappa shape index (κ1) is 23.6. The number of ketones is 1. The molecule has 2 rings (SSSR count). The molecule has 1 aliphatic rings. The van der Waals surface area contributed by atoms with E-state index in [2.05, 4.69) is 13.8 Å². The second-order valence-electron chi connectivity index (χ2n) is 6.65. The second-order valence-corrected chi connectivity index (χ2v) is 6.65. The van der Waals surface area contributed by atoms with Crippen molar-refractivity contribution in [2.45, 2.75) is 67.2 Å². The second kappa shape index (κ2) is 12.1. The van der Waals surface area contributed by atoms with Gasteiger partial charge >= 0.3 is 0 Å². The lowest BCUT2D eigenvalue weighted by atomic mass is 9.72. The molecule has 3 heteroatoms. The van der Waals surface area contributed by atoms with E-state index in [4.69, 9.17) is 9.47 Å². The summed E-state index contributed by atoms with van der Waals surface area (Å²) in [5, 5.41) is 0. The molecule has 0 aromatic heterocycles. The smallest absolute Gasteiger partial charge is 0.150 e. The van der Waals surface area contributed by atoms with Crippen molar-refractivity contribution in [2.24, 2.45) is 11.8 Å². The van der Waals surface area contributed by atoms with Crippen LogP contribution in [0.3, 0.4) is 0 Å². The van der Waals surface area contributed by atoms with Crippen LogP contribution in [-0.4, -0.2) is 25.6 Å². The van der Waals surface area contributed by atoms with E-state index in [1.165, 1.54) is 0 Å². The van der Waals surface area contributed by atoms with Gasteiger partial charge in [-0.15, -0.1) is 0 Å². The molecule has 0 radical (unpaired) electrons. The Hall–Kier alpha value is -1.35. The Morgan fingerprint density at radius 1 is 1.04 bits per heavy atom. The summed E-state index contributed by atoms with van der Waals surface area (Å²) >= 11 is 0. The van der Waals surface area contributed by atoms with Crippen LogP contribution in [0.4, 0.5) is 0 Å². The van der Waals surface area contributed by atoms with Gasteiger partial charge in [0.2, 0.25) is 0 Å². The molecule has 0 bridgehead atoms. The zero-order valence-electron chi connectivity index (χ0n) is 17.5. The lowest BCUT2D eigenvalue weighted by Gasteiger charge is -2.41. The Labute approximate surface area is 155 Å². The number of carbonyl (C=O) groups is 1. The van der Waals surface area contributed by atoms with E-state index in [9.17, 15) is 4.79 Å². The minimum Gasteiger partial charge on any atom is -0.494 e. The Morgan fingerprint density at radius 2 is 1.56 bits per heavy atom. The van der Waals surface area contributed by atoms with Gasteiger partial charge in [0, 0.05) is 5.92 Å². The molecule has 144 valence electrons. The molecule has 0 atom stereocenters. The molecule has 0 aliphatic carbocycles. The third-order valence-electron chi connectivity index (χ3n) is 4.06. The molecule has 0 N–H and O–H groups in total. The highest BCUT2D eigenvalue weighted by molar-refractivity contribution is 5.92. The van der Waals surface area contributed by atoms with Crippen molar-refractivity contribution in [1.29, 1.82) is 0 Å². The fourth-order valence-corrected chi connectivity index (χ4v) is 2.59. The standard InChI is InChI=1S/C18H26O3.2C2H6/c1-13(2)9-10-21-16-7-5-15(6-8-16)18(11-20-12-18)17(19)14(3)4;2*1-2/h5-8,13-14H,9-12H2,1-4H3;2*1-2H3. The predicted octanol–water partition coefficient (Wildman–Crippen LogP) is 5.66. The van der Waals surface area contributed by atoms with Crippen LogP contribution in [-0.2, 0) is 14.9 Å². The zero-order chi connectivity index (χ0) is 19.5. The summed E-state index contributed by atoms with van der Waals surface area (Å²) in [6.07, 6.45) is 1.05. The molecule has 1 heterocycles. The fourth-order valence-electron chi connectivity index (χ4n) is 2.59. The van der Waals surface area contributed by atoms with Crippen LogP contribution < -0.4 is 4.74 Å². The molecule has 3 nitrogen and oxygen atoms in total. The lowest BCUT2D eigenvalue weighted by molar-refractivity contribution is -0.146. The van der Waals surface area contributed by atoms with Gasteiger partial charge in [0.25, 0.3) is 0 Å². The number of benzene rings is 1. The van der Waals surface area contributed by atoms with E-state index in [1.807, 2.05) is 65.8 Å². The van der Waals surface area contributed by atoms with Crippen molar-refractivity contribution in [3.8, 4) is 5.75 Å². The number of rotatable bonds is 7. The first-order valence-electron chi connectivity index (χ1n) is 9.81. The molecular weight excluding hydrogens is 312 g/mol. The van der Waals surface area contributed by atoms with Crippen molar-refractivity contribution in [2.75, 3.05) is 19.8 Å². The summed E-state index contributed by atoms with van der Waals surface area (Å²) < 4.78 is 11.1. The average Bonchev–Trinajstić information content (AvgIpc) is 2.58. The summed E-state index contributed by atoms with van der Waals surface area (Å²) in [6.45, 7) is 18.0. The summed E-state index contributed by atoms with van der Waals surface area (Å²) in [7, 11) is 0. The number of carbonyl (C=O) groups excluding carboxylic acids is 1. The summed E-state index contributed by atoms with van der Waals surface area (Å²) in [5.41, 5.74) is 0.605. The molecule has 0 amide bonds. The summed E-state index contributed by atoms with van der Waals surface area (Å²) in [6, 6.07) is 7.94. The first-order valence-corrected chi connectivity index (χ1v) is 9.81. The zero-order valence-corrected chi connectivity index (χ0v) is 17.5. The number of hydrogen-bond donors (Lipinski definition) is 0. The van der Waals surface area contributed by atoms with Gasteiger partial charge < -0.3 is 9.47 Å². The Morgan fingerprint density at radius 3 is 1.92 bits per heavy atom. The van der Waals surface area contributed by atoms with Gasteiger partial charge in [0.05, 0.1) is 19.8 Å². The number of Topliss-reactive ketones (excluding diaryl/α,β-unsaturated/α-hetero) is 1. The molecule has 1 aliphatic heterocycles. The molecule has 1 aromatic rings. The van der Waals surface area contributed by atoms with Gasteiger partial charge in [-0.25, -0.2) is 0 Å². The molecular formula is C22H38O3. The highest BCUT2D eigenvalue weighted by atomic mass is 16.5. The van der Waals surface area contributed by atoms with Crippen LogP contribution in [0.5, 0.6) is 5.75 Å². The molecule has 1 aromatic carbocycles. The fraction of sp³-hybridized carbons (Fsp3) is 0.682. The van der Waals surface area contributed by atoms with Gasteiger partial charge in [-0.05, 0) is 30.0 Å². The number of hydrogen-bond acceptors (Lipinski definition) is 3.